The van der Waals surface area contributed by atoms with Gasteiger partial charge in [0, 0.05) is 12.5 Å². The molecule has 0 saturated heterocycles. The Morgan fingerprint density at radius 2 is 1.85 bits per heavy atom. The van der Waals surface area contributed by atoms with Crippen LogP contribution in [0, 0.1) is 0 Å². The molecule has 0 bridgehead atoms. The quantitative estimate of drug-likeness (QED) is 0.761. The van der Waals surface area contributed by atoms with Crippen LogP contribution in [0.4, 0.5) is 0 Å². The Hall–Kier alpha value is -1.77. The van der Waals surface area contributed by atoms with Gasteiger partial charge in [-0.1, -0.05) is 45.1 Å². The van der Waals surface area contributed by atoms with Gasteiger partial charge in [0.25, 0.3) is 0 Å². The largest absolute Gasteiger partial charge is 0.507 e. The monoisotopic (exact) mass is 274 g/mol. The number of phenols is 1. The van der Waals surface area contributed by atoms with Gasteiger partial charge in [-0.25, -0.2) is 0 Å². The SMILES string of the molecule is CCCCCCCCc1cc(=O)c2c(O)cccc2o1. The number of unbranched alkanes of at least 4 members (excludes halogenated alkanes) is 5. The second kappa shape index (κ2) is 7.13. The van der Waals surface area contributed by atoms with Crippen LogP contribution in [-0.2, 0) is 6.42 Å². The lowest BCUT2D eigenvalue weighted by atomic mass is 10.1. The number of aromatic hydroxyl groups is 1. The summed E-state index contributed by atoms with van der Waals surface area (Å²) in [5.74, 6) is 0.700. The summed E-state index contributed by atoms with van der Waals surface area (Å²) < 4.78 is 5.69. The highest BCUT2D eigenvalue weighted by atomic mass is 16.3. The third-order valence-electron chi connectivity index (χ3n) is 3.56. The first-order valence-electron chi connectivity index (χ1n) is 7.47. The van der Waals surface area contributed by atoms with Crippen molar-refractivity contribution in [2.24, 2.45) is 0 Å². The van der Waals surface area contributed by atoms with Crippen molar-refractivity contribution in [3.63, 3.8) is 0 Å². The van der Waals surface area contributed by atoms with E-state index < -0.39 is 0 Å². The zero-order valence-electron chi connectivity index (χ0n) is 12.0. The van der Waals surface area contributed by atoms with Gasteiger partial charge in [0.05, 0.1) is 0 Å². The molecule has 0 atom stereocenters. The molecule has 2 rings (SSSR count). The van der Waals surface area contributed by atoms with E-state index in [1.165, 1.54) is 44.2 Å². The minimum Gasteiger partial charge on any atom is -0.507 e. The number of rotatable bonds is 7. The summed E-state index contributed by atoms with van der Waals surface area (Å²) >= 11 is 0. The van der Waals surface area contributed by atoms with E-state index in [-0.39, 0.29) is 16.6 Å². The Balaban J connectivity index is 2.00. The first-order chi connectivity index (χ1) is 9.72. The van der Waals surface area contributed by atoms with E-state index in [0.29, 0.717) is 11.3 Å². The summed E-state index contributed by atoms with van der Waals surface area (Å²) in [5.41, 5.74) is 0.309. The summed E-state index contributed by atoms with van der Waals surface area (Å²) in [5, 5.41) is 9.96. The van der Waals surface area contributed by atoms with E-state index >= 15 is 0 Å². The molecule has 0 fully saturated rings. The molecule has 3 heteroatoms. The lowest BCUT2D eigenvalue weighted by molar-refractivity contribution is 0.476. The van der Waals surface area contributed by atoms with E-state index in [4.69, 9.17) is 4.42 Å². The molecule has 3 nitrogen and oxygen atoms in total. The van der Waals surface area contributed by atoms with E-state index in [2.05, 4.69) is 6.92 Å². The Kier molecular flexibility index (Phi) is 5.22. The molecule has 0 amide bonds. The van der Waals surface area contributed by atoms with Crippen molar-refractivity contribution in [3.8, 4) is 5.75 Å². The molecule has 0 aliphatic rings. The molecule has 1 aromatic heterocycles. The van der Waals surface area contributed by atoms with Crippen LogP contribution >= 0.6 is 0 Å². The van der Waals surface area contributed by atoms with Gasteiger partial charge in [-0.15, -0.1) is 0 Å². The molecule has 0 aliphatic heterocycles. The number of benzene rings is 1. The Morgan fingerprint density at radius 1 is 1.10 bits per heavy atom. The average Bonchev–Trinajstić information content (AvgIpc) is 2.42. The van der Waals surface area contributed by atoms with Crippen molar-refractivity contribution in [3.05, 3.63) is 40.2 Å². The third-order valence-corrected chi connectivity index (χ3v) is 3.56. The third kappa shape index (κ3) is 3.62. The van der Waals surface area contributed by atoms with Crippen molar-refractivity contribution in [1.29, 1.82) is 0 Å². The topological polar surface area (TPSA) is 50.4 Å². The van der Waals surface area contributed by atoms with Gasteiger partial charge in [0.2, 0.25) is 0 Å². The van der Waals surface area contributed by atoms with Crippen molar-refractivity contribution in [1.82, 2.24) is 0 Å². The molecule has 1 N–H and O–H groups in total. The molecule has 0 aliphatic carbocycles. The molecular weight excluding hydrogens is 252 g/mol. The predicted octanol–water partition coefficient (Wildman–Crippen LogP) is 4.40. The van der Waals surface area contributed by atoms with Crippen LogP contribution in [-0.4, -0.2) is 5.11 Å². The van der Waals surface area contributed by atoms with Crippen molar-refractivity contribution in [2.45, 2.75) is 51.9 Å². The summed E-state index contributed by atoms with van der Waals surface area (Å²) in [6, 6.07) is 6.43. The first-order valence-corrected chi connectivity index (χ1v) is 7.47. The summed E-state index contributed by atoms with van der Waals surface area (Å²) in [4.78, 5) is 12.0. The Bertz CT molecular complexity index is 613. The number of hydrogen-bond donors (Lipinski definition) is 1. The van der Waals surface area contributed by atoms with Gasteiger partial charge in [-0.05, 0) is 18.6 Å². The Labute approximate surface area is 119 Å². The van der Waals surface area contributed by atoms with Crippen molar-refractivity contribution >= 4 is 11.0 Å². The highest BCUT2D eigenvalue weighted by Gasteiger charge is 2.08. The van der Waals surface area contributed by atoms with Crippen LogP contribution < -0.4 is 5.43 Å². The molecule has 0 spiro atoms. The predicted molar refractivity (Wildman–Crippen MR) is 81.2 cm³/mol. The summed E-state index contributed by atoms with van der Waals surface area (Å²) in [6.45, 7) is 2.21. The molecule has 20 heavy (non-hydrogen) atoms. The molecule has 2 aromatic rings. The maximum Gasteiger partial charge on any atom is 0.196 e. The molecule has 1 heterocycles. The van der Waals surface area contributed by atoms with Crippen molar-refractivity contribution < 1.29 is 9.52 Å². The van der Waals surface area contributed by atoms with E-state index in [0.717, 1.165) is 12.8 Å². The standard InChI is InChI=1S/C17H22O3/c1-2-3-4-5-6-7-9-13-12-15(19)17-14(18)10-8-11-16(17)20-13/h8,10-12,18H,2-7,9H2,1H3. The van der Waals surface area contributed by atoms with Crippen LogP contribution in [0.1, 0.15) is 51.2 Å². The van der Waals surface area contributed by atoms with Crippen LogP contribution in [0.3, 0.4) is 0 Å². The maximum atomic E-state index is 12.0. The lowest BCUT2D eigenvalue weighted by Crippen LogP contribution is -2.02. The van der Waals surface area contributed by atoms with Crippen LogP contribution in [0.5, 0.6) is 5.75 Å². The smallest absolute Gasteiger partial charge is 0.196 e. The van der Waals surface area contributed by atoms with Gasteiger partial charge < -0.3 is 9.52 Å². The highest BCUT2D eigenvalue weighted by molar-refractivity contribution is 5.82. The molecular formula is C17H22O3. The van der Waals surface area contributed by atoms with Crippen molar-refractivity contribution in [2.75, 3.05) is 0 Å². The molecule has 0 saturated carbocycles. The van der Waals surface area contributed by atoms with E-state index in [9.17, 15) is 9.90 Å². The van der Waals surface area contributed by atoms with Gasteiger partial charge >= 0.3 is 0 Å². The zero-order valence-corrected chi connectivity index (χ0v) is 12.0. The number of fused-ring (bicyclic) bond motifs is 1. The fourth-order valence-electron chi connectivity index (χ4n) is 2.44. The molecule has 0 unspecified atom stereocenters. The van der Waals surface area contributed by atoms with Gasteiger partial charge in [-0.2, -0.15) is 0 Å². The van der Waals surface area contributed by atoms with E-state index in [1.54, 1.807) is 12.1 Å². The first kappa shape index (κ1) is 14.6. The second-order valence-electron chi connectivity index (χ2n) is 5.25. The maximum absolute atomic E-state index is 12.0. The number of hydrogen-bond acceptors (Lipinski definition) is 3. The summed E-state index contributed by atoms with van der Waals surface area (Å²) in [7, 11) is 0. The zero-order chi connectivity index (χ0) is 14.4. The fraction of sp³-hybridized carbons (Fsp3) is 0.471. The van der Waals surface area contributed by atoms with Crippen LogP contribution in [0.25, 0.3) is 11.0 Å². The Morgan fingerprint density at radius 3 is 2.65 bits per heavy atom. The summed E-state index contributed by atoms with van der Waals surface area (Å²) in [6.07, 6.45) is 8.07. The number of phenolic OH excluding ortho intramolecular Hbond substituents is 1. The fourth-order valence-corrected chi connectivity index (χ4v) is 2.44. The molecule has 108 valence electrons. The van der Waals surface area contributed by atoms with Gasteiger partial charge in [-0.3, -0.25) is 4.79 Å². The van der Waals surface area contributed by atoms with Gasteiger partial charge in [0.15, 0.2) is 5.43 Å². The van der Waals surface area contributed by atoms with Crippen LogP contribution in [0.15, 0.2) is 33.5 Å². The minimum absolute atomic E-state index is 0.0117. The minimum atomic E-state index is -0.162. The highest BCUT2D eigenvalue weighted by Crippen LogP contribution is 2.22. The molecule has 0 radical (unpaired) electrons. The van der Waals surface area contributed by atoms with Crippen LogP contribution in [0.2, 0.25) is 0 Å². The lowest BCUT2D eigenvalue weighted by Gasteiger charge is -2.04. The molecule has 1 aromatic carbocycles. The van der Waals surface area contributed by atoms with Gasteiger partial charge in [0.1, 0.15) is 22.5 Å². The normalized spacial score (nSPS) is 11.1. The number of aryl methyl sites for hydroxylation is 1. The second-order valence-corrected chi connectivity index (χ2v) is 5.25. The average molecular weight is 274 g/mol. The van der Waals surface area contributed by atoms with E-state index in [1.807, 2.05) is 0 Å².